The molecule has 1 aromatic heterocycles. The molecule has 0 aromatic carbocycles. The lowest BCUT2D eigenvalue weighted by atomic mass is 9.96. The van der Waals surface area contributed by atoms with Crippen LogP contribution in [-0.2, 0) is 22.0 Å². The minimum absolute atomic E-state index is 0.410. The van der Waals surface area contributed by atoms with Crippen molar-refractivity contribution in [3.05, 3.63) is 11.9 Å². The highest BCUT2D eigenvalue weighted by atomic mass is 32.2. The molecule has 1 heterocycles. The van der Waals surface area contributed by atoms with Gasteiger partial charge in [-0.2, -0.15) is 5.10 Å². The molecule has 1 saturated carbocycles. The first-order chi connectivity index (χ1) is 8.84. The molecule has 1 fully saturated rings. The molecule has 0 saturated heterocycles. The Hall–Kier alpha value is -1.08. The van der Waals surface area contributed by atoms with Gasteiger partial charge in [-0.05, 0) is 26.2 Å². The number of aliphatic hydroxyl groups is 1. The van der Waals surface area contributed by atoms with E-state index in [9.17, 15) is 13.5 Å². The number of aryl methyl sites for hydroxylation is 1. The zero-order valence-electron chi connectivity index (χ0n) is 11.5. The first-order valence-corrected chi connectivity index (χ1v) is 8.31. The van der Waals surface area contributed by atoms with Crippen molar-refractivity contribution in [2.75, 3.05) is 13.4 Å². The SMILES string of the molecule is CCn1ncc(OC)c1C1(O)CCCC1S(C)(=O)=O. The molecule has 2 atom stereocenters. The van der Waals surface area contributed by atoms with Gasteiger partial charge in [0.05, 0.1) is 18.6 Å². The molecule has 1 aromatic rings. The van der Waals surface area contributed by atoms with E-state index in [4.69, 9.17) is 4.74 Å². The largest absolute Gasteiger partial charge is 0.493 e. The molecule has 0 spiro atoms. The highest BCUT2D eigenvalue weighted by Gasteiger charge is 2.51. The maximum absolute atomic E-state index is 11.9. The number of sulfone groups is 1. The molecule has 1 N–H and O–H groups in total. The first kappa shape index (κ1) is 14.3. The highest BCUT2D eigenvalue weighted by Crippen LogP contribution is 2.45. The van der Waals surface area contributed by atoms with Gasteiger partial charge in [-0.25, -0.2) is 8.42 Å². The average Bonchev–Trinajstić information content (AvgIpc) is 2.91. The highest BCUT2D eigenvalue weighted by molar-refractivity contribution is 7.91. The molecular weight excluding hydrogens is 268 g/mol. The summed E-state index contributed by atoms with van der Waals surface area (Å²) < 4.78 is 30.7. The fraction of sp³-hybridized carbons (Fsp3) is 0.750. The number of methoxy groups -OCH3 is 1. The molecule has 0 radical (unpaired) electrons. The molecule has 1 aliphatic carbocycles. The van der Waals surface area contributed by atoms with E-state index in [1.54, 1.807) is 4.68 Å². The zero-order valence-corrected chi connectivity index (χ0v) is 12.3. The van der Waals surface area contributed by atoms with E-state index >= 15 is 0 Å². The molecule has 0 bridgehead atoms. The van der Waals surface area contributed by atoms with Gasteiger partial charge in [-0.3, -0.25) is 4.68 Å². The van der Waals surface area contributed by atoms with Gasteiger partial charge >= 0.3 is 0 Å². The first-order valence-electron chi connectivity index (χ1n) is 6.36. The van der Waals surface area contributed by atoms with Crippen molar-refractivity contribution in [1.29, 1.82) is 0 Å². The predicted molar refractivity (Wildman–Crippen MR) is 70.8 cm³/mol. The maximum atomic E-state index is 11.9. The minimum atomic E-state index is -3.33. The van der Waals surface area contributed by atoms with Crippen LogP contribution in [0.5, 0.6) is 5.75 Å². The van der Waals surface area contributed by atoms with Crippen LogP contribution in [0.1, 0.15) is 31.9 Å². The van der Waals surface area contributed by atoms with E-state index in [1.165, 1.54) is 19.6 Å². The van der Waals surface area contributed by atoms with Crippen LogP contribution in [-0.4, -0.2) is 41.9 Å². The molecule has 2 unspecified atom stereocenters. The third-order valence-corrected chi connectivity index (χ3v) is 5.47. The van der Waals surface area contributed by atoms with Gasteiger partial charge in [-0.1, -0.05) is 0 Å². The number of hydrogen-bond acceptors (Lipinski definition) is 5. The van der Waals surface area contributed by atoms with Gasteiger partial charge in [0.2, 0.25) is 0 Å². The Morgan fingerprint density at radius 2 is 2.32 bits per heavy atom. The third-order valence-electron chi connectivity index (χ3n) is 3.81. The summed E-state index contributed by atoms with van der Waals surface area (Å²) in [6.07, 6.45) is 4.24. The molecule has 0 aliphatic heterocycles. The van der Waals surface area contributed by atoms with Crippen LogP contribution in [0.25, 0.3) is 0 Å². The van der Waals surface area contributed by atoms with Crippen LogP contribution in [0, 0.1) is 0 Å². The average molecular weight is 288 g/mol. The van der Waals surface area contributed by atoms with E-state index in [1.807, 2.05) is 6.92 Å². The lowest BCUT2D eigenvalue weighted by molar-refractivity contribution is 0.0358. The second kappa shape index (κ2) is 4.79. The summed E-state index contributed by atoms with van der Waals surface area (Å²) in [5.74, 6) is 0.444. The monoisotopic (exact) mass is 288 g/mol. The smallest absolute Gasteiger partial charge is 0.162 e. The molecule has 6 nitrogen and oxygen atoms in total. The van der Waals surface area contributed by atoms with Gasteiger partial charge < -0.3 is 9.84 Å². The Morgan fingerprint density at radius 1 is 1.63 bits per heavy atom. The Balaban J connectivity index is 2.58. The van der Waals surface area contributed by atoms with Crippen LogP contribution in [0.2, 0.25) is 0 Å². The Bertz CT molecular complexity index is 545. The van der Waals surface area contributed by atoms with Crippen molar-refractivity contribution < 1.29 is 18.3 Å². The maximum Gasteiger partial charge on any atom is 0.162 e. The minimum Gasteiger partial charge on any atom is -0.493 e. The van der Waals surface area contributed by atoms with Crippen LogP contribution in [0.15, 0.2) is 6.20 Å². The number of hydrogen-bond donors (Lipinski definition) is 1. The molecular formula is C12H20N2O4S. The van der Waals surface area contributed by atoms with Gasteiger partial charge in [0.15, 0.2) is 15.6 Å². The summed E-state index contributed by atoms with van der Waals surface area (Å²) in [4.78, 5) is 0. The molecule has 2 rings (SSSR count). The topological polar surface area (TPSA) is 81.4 Å². The van der Waals surface area contributed by atoms with Crippen LogP contribution >= 0.6 is 0 Å². The van der Waals surface area contributed by atoms with Crippen molar-refractivity contribution >= 4 is 9.84 Å². The van der Waals surface area contributed by atoms with Crippen molar-refractivity contribution in [2.45, 2.75) is 43.6 Å². The summed E-state index contributed by atoms with van der Waals surface area (Å²) in [5, 5.41) is 14.3. The standard InChI is InChI=1S/C12H20N2O4S/c1-4-14-11(9(18-2)8-13-14)12(15)7-5-6-10(12)19(3,16)17/h8,10,15H,4-7H2,1-3H3. The van der Waals surface area contributed by atoms with Crippen LogP contribution < -0.4 is 4.74 Å². The second-order valence-corrected chi connectivity index (χ2v) is 7.24. The Labute approximate surface area is 113 Å². The van der Waals surface area contributed by atoms with Gasteiger partial charge in [-0.15, -0.1) is 0 Å². The molecule has 108 valence electrons. The van der Waals surface area contributed by atoms with E-state index in [0.717, 1.165) is 0 Å². The summed E-state index contributed by atoms with van der Waals surface area (Å²) >= 11 is 0. The van der Waals surface area contributed by atoms with E-state index in [0.29, 0.717) is 37.3 Å². The summed E-state index contributed by atoms with van der Waals surface area (Å²) in [5.41, 5.74) is -0.934. The molecule has 0 amide bonds. The number of aromatic nitrogens is 2. The molecule has 7 heteroatoms. The lowest BCUT2D eigenvalue weighted by Crippen LogP contribution is -2.41. The summed E-state index contributed by atoms with van der Waals surface area (Å²) in [7, 11) is -1.84. The second-order valence-electron chi connectivity index (χ2n) is 5.01. The fourth-order valence-corrected chi connectivity index (χ4v) is 4.52. The Morgan fingerprint density at radius 3 is 2.84 bits per heavy atom. The van der Waals surface area contributed by atoms with E-state index < -0.39 is 20.7 Å². The number of nitrogens with zero attached hydrogens (tertiary/aromatic N) is 2. The fourth-order valence-electron chi connectivity index (χ4n) is 2.99. The van der Waals surface area contributed by atoms with Gasteiger partial charge in [0.1, 0.15) is 11.3 Å². The van der Waals surface area contributed by atoms with E-state index in [2.05, 4.69) is 5.10 Å². The zero-order chi connectivity index (χ0) is 14.3. The predicted octanol–water partition coefficient (Wildman–Crippen LogP) is 0.696. The quantitative estimate of drug-likeness (QED) is 0.882. The van der Waals surface area contributed by atoms with Gasteiger partial charge in [0, 0.05) is 12.8 Å². The number of ether oxygens (including phenoxy) is 1. The number of rotatable bonds is 4. The van der Waals surface area contributed by atoms with Crippen molar-refractivity contribution in [3.63, 3.8) is 0 Å². The van der Waals surface area contributed by atoms with Crippen LogP contribution in [0.3, 0.4) is 0 Å². The van der Waals surface area contributed by atoms with Crippen molar-refractivity contribution in [3.8, 4) is 5.75 Å². The van der Waals surface area contributed by atoms with Gasteiger partial charge in [0.25, 0.3) is 0 Å². The van der Waals surface area contributed by atoms with Crippen molar-refractivity contribution in [1.82, 2.24) is 9.78 Å². The lowest BCUT2D eigenvalue weighted by Gasteiger charge is -2.30. The Kier molecular flexibility index (Phi) is 3.61. The van der Waals surface area contributed by atoms with E-state index in [-0.39, 0.29) is 0 Å². The summed E-state index contributed by atoms with van der Waals surface area (Å²) in [6, 6.07) is 0. The summed E-state index contributed by atoms with van der Waals surface area (Å²) in [6.45, 7) is 2.45. The molecule has 1 aliphatic rings. The normalized spacial score (nSPS) is 27.7. The molecule has 19 heavy (non-hydrogen) atoms. The van der Waals surface area contributed by atoms with Crippen LogP contribution in [0.4, 0.5) is 0 Å². The van der Waals surface area contributed by atoms with Crippen molar-refractivity contribution in [2.24, 2.45) is 0 Å². The third kappa shape index (κ3) is 2.25.